The Morgan fingerprint density at radius 1 is 1.40 bits per heavy atom. The van der Waals surface area contributed by atoms with Crippen LogP contribution in [0.4, 0.5) is 0 Å². The Bertz CT molecular complexity index is 710. The Hall–Kier alpha value is -1.37. The third kappa shape index (κ3) is 3.39. The summed E-state index contributed by atoms with van der Waals surface area (Å²) < 4.78 is 28.6. The minimum Gasteiger partial charge on any atom is -0.271 e. The van der Waals surface area contributed by atoms with E-state index in [9.17, 15) is 8.42 Å². The van der Waals surface area contributed by atoms with Gasteiger partial charge in [0.2, 0.25) is 10.0 Å². The van der Waals surface area contributed by atoms with Gasteiger partial charge in [-0.2, -0.15) is 5.10 Å². The van der Waals surface area contributed by atoms with E-state index >= 15 is 0 Å². The number of sulfonamides is 1. The molecule has 1 N–H and O–H groups in total. The predicted octanol–water partition coefficient (Wildman–Crippen LogP) is 2.34. The second-order valence-electron chi connectivity index (χ2n) is 4.39. The number of hydrogen-bond donors (Lipinski definition) is 1. The van der Waals surface area contributed by atoms with Crippen LogP contribution in [-0.4, -0.2) is 18.2 Å². The van der Waals surface area contributed by atoms with Gasteiger partial charge in [0.15, 0.2) is 0 Å². The number of hydrogen-bond acceptors (Lipinski definition) is 3. The zero-order valence-corrected chi connectivity index (χ0v) is 12.9. The fourth-order valence-corrected chi connectivity index (χ4v) is 3.24. The summed E-state index contributed by atoms with van der Waals surface area (Å²) in [6.07, 6.45) is 1.54. The summed E-state index contributed by atoms with van der Waals surface area (Å²) in [6.45, 7) is 4.41. The molecule has 1 aromatic heterocycles. The van der Waals surface area contributed by atoms with Crippen LogP contribution >= 0.6 is 11.6 Å². The van der Waals surface area contributed by atoms with Gasteiger partial charge in [0.05, 0.1) is 5.69 Å². The number of nitrogens with zero attached hydrogens (tertiary/aromatic N) is 2. The van der Waals surface area contributed by atoms with Crippen molar-refractivity contribution in [2.24, 2.45) is 0 Å². The van der Waals surface area contributed by atoms with Crippen LogP contribution in [0.1, 0.15) is 18.2 Å². The molecular formula is C13H16ClN3O2S. The maximum Gasteiger partial charge on any atom is 0.244 e. The van der Waals surface area contributed by atoms with Crippen LogP contribution in [0, 0.1) is 6.92 Å². The second-order valence-corrected chi connectivity index (χ2v) is 6.56. The van der Waals surface area contributed by atoms with Gasteiger partial charge in [-0.3, -0.25) is 4.68 Å². The van der Waals surface area contributed by atoms with E-state index < -0.39 is 10.0 Å². The van der Waals surface area contributed by atoms with Gasteiger partial charge in [-0.05, 0) is 31.5 Å². The number of rotatable bonds is 5. The zero-order chi connectivity index (χ0) is 14.8. The third-order valence-electron chi connectivity index (χ3n) is 2.87. The van der Waals surface area contributed by atoms with Gasteiger partial charge in [-0.25, -0.2) is 13.1 Å². The van der Waals surface area contributed by atoms with Crippen molar-refractivity contribution < 1.29 is 8.42 Å². The molecule has 5 nitrogen and oxygen atoms in total. The van der Waals surface area contributed by atoms with Gasteiger partial charge < -0.3 is 0 Å². The van der Waals surface area contributed by atoms with Crippen molar-refractivity contribution in [3.05, 3.63) is 46.7 Å². The summed E-state index contributed by atoms with van der Waals surface area (Å²) in [5, 5.41) is 4.72. The first-order valence-electron chi connectivity index (χ1n) is 6.20. The SMILES string of the molecule is CCn1cc(S(=O)(=O)NCc2cccc(Cl)c2)c(C)n1. The topological polar surface area (TPSA) is 64.0 Å². The summed E-state index contributed by atoms with van der Waals surface area (Å²) in [7, 11) is -3.57. The maximum absolute atomic E-state index is 12.2. The molecule has 0 saturated carbocycles. The molecule has 0 atom stereocenters. The van der Waals surface area contributed by atoms with Gasteiger partial charge in [-0.1, -0.05) is 23.7 Å². The first-order valence-corrected chi connectivity index (χ1v) is 8.06. The van der Waals surface area contributed by atoms with Gasteiger partial charge in [0, 0.05) is 24.3 Å². The van der Waals surface area contributed by atoms with E-state index in [0.717, 1.165) is 5.56 Å². The molecule has 0 unspecified atom stereocenters. The maximum atomic E-state index is 12.2. The Morgan fingerprint density at radius 2 is 2.15 bits per heavy atom. The van der Waals surface area contributed by atoms with Crippen LogP contribution in [-0.2, 0) is 23.1 Å². The number of benzene rings is 1. The lowest BCUT2D eigenvalue weighted by Gasteiger charge is -2.06. The Balaban J connectivity index is 2.17. The molecule has 0 fully saturated rings. The molecule has 0 radical (unpaired) electrons. The molecule has 0 aliphatic heterocycles. The first kappa shape index (κ1) is 15.0. The molecule has 2 aromatic rings. The van der Waals surface area contributed by atoms with Crippen molar-refractivity contribution in [1.82, 2.24) is 14.5 Å². The minimum atomic E-state index is -3.57. The van der Waals surface area contributed by atoms with Crippen LogP contribution < -0.4 is 4.72 Å². The second kappa shape index (κ2) is 5.95. The normalized spacial score (nSPS) is 11.8. The first-order chi connectivity index (χ1) is 9.42. The Morgan fingerprint density at radius 3 is 2.75 bits per heavy atom. The van der Waals surface area contributed by atoms with E-state index in [1.165, 1.54) is 6.20 Å². The number of halogens is 1. The highest BCUT2D eigenvalue weighted by atomic mass is 35.5. The van der Waals surface area contributed by atoms with Crippen LogP contribution in [0.15, 0.2) is 35.4 Å². The minimum absolute atomic E-state index is 0.194. The van der Waals surface area contributed by atoms with E-state index in [1.54, 1.807) is 29.8 Å². The highest BCUT2D eigenvalue weighted by molar-refractivity contribution is 7.89. The molecule has 0 spiro atoms. The van der Waals surface area contributed by atoms with Gasteiger partial charge >= 0.3 is 0 Å². The molecule has 1 heterocycles. The lowest BCUT2D eigenvalue weighted by atomic mass is 10.2. The summed E-state index contributed by atoms with van der Waals surface area (Å²) in [5.74, 6) is 0. The van der Waals surface area contributed by atoms with E-state index in [-0.39, 0.29) is 11.4 Å². The fraction of sp³-hybridized carbons (Fsp3) is 0.308. The van der Waals surface area contributed by atoms with Gasteiger partial charge in [0.1, 0.15) is 4.90 Å². The number of aryl methyl sites for hydroxylation is 2. The molecule has 7 heteroatoms. The van der Waals surface area contributed by atoms with Crippen molar-refractivity contribution >= 4 is 21.6 Å². The van der Waals surface area contributed by atoms with Crippen molar-refractivity contribution in [1.29, 1.82) is 0 Å². The van der Waals surface area contributed by atoms with Crippen molar-refractivity contribution in [2.75, 3.05) is 0 Å². The Kier molecular flexibility index (Phi) is 4.47. The molecule has 0 bridgehead atoms. The van der Waals surface area contributed by atoms with Gasteiger partial charge in [0.25, 0.3) is 0 Å². The van der Waals surface area contributed by atoms with E-state index in [0.29, 0.717) is 17.3 Å². The molecular weight excluding hydrogens is 298 g/mol. The standard InChI is InChI=1S/C13H16ClN3O2S/c1-3-17-9-13(10(2)16-17)20(18,19)15-8-11-5-4-6-12(14)7-11/h4-7,9,15H,3,8H2,1-2H3. The lowest BCUT2D eigenvalue weighted by Crippen LogP contribution is -2.23. The zero-order valence-electron chi connectivity index (χ0n) is 11.3. The molecule has 0 amide bonds. The highest BCUT2D eigenvalue weighted by Crippen LogP contribution is 2.15. The lowest BCUT2D eigenvalue weighted by molar-refractivity contribution is 0.580. The number of aromatic nitrogens is 2. The smallest absolute Gasteiger partial charge is 0.244 e. The monoisotopic (exact) mass is 313 g/mol. The molecule has 0 aliphatic carbocycles. The van der Waals surface area contributed by atoms with Crippen LogP contribution in [0.25, 0.3) is 0 Å². The van der Waals surface area contributed by atoms with Crippen molar-refractivity contribution in [2.45, 2.75) is 31.8 Å². The molecule has 0 saturated heterocycles. The average Bonchev–Trinajstić information content (AvgIpc) is 2.79. The average molecular weight is 314 g/mol. The summed E-state index contributed by atoms with van der Waals surface area (Å²) in [6, 6.07) is 7.07. The summed E-state index contributed by atoms with van der Waals surface area (Å²) in [4.78, 5) is 0.210. The molecule has 0 aliphatic rings. The van der Waals surface area contributed by atoms with Crippen LogP contribution in [0.3, 0.4) is 0 Å². The summed E-state index contributed by atoms with van der Waals surface area (Å²) in [5.41, 5.74) is 1.30. The predicted molar refractivity (Wildman–Crippen MR) is 78.1 cm³/mol. The van der Waals surface area contributed by atoms with Crippen molar-refractivity contribution in [3.8, 4) is 0 Å². The molecule has 2 rings (SSSR count). The van der Waals surface area contributed by atoms with Gasteiger partial charge in [-0.15, -0.1) is 0 Å². The molecule has 1 aromatic carbocycles. The van der Waals surface area contributed by atoms with Crippen LogP contribution in [0.2, 0.25) is 5.02 Å². The Labute approximate surface area is 123 Å². The molecule has 20 heavy (non-hydrogen) atoms. The third-order valence-corrected chi connectivity index (χ3v) is 4.61. The largest absolute Gasteiger partial charge is 0.271 e. The summed E-state index contributed by atoms with van der Waals surface area (Å²) >= 11 is 5.87. The van der Waals surface area contributed by atoms with E-state index in [4.69, 9.17) is 11.6 Å². The van der Waals surface area contributed by atoms with E-state index in [2.05, 4.69) is 9.82 Å². The highest BCUT2D eigenvalue weighted by Gasteiger charge is 2.19. The fourth-order valence-electron chi connectivity index (χ4n) is 1.83. The van der Waals surface area contributed by atoms with Crippen molar-refractivity contribution in [3.63, 3.8) is 0 Å². The number of nitrogens with one attached hydrogen (secondary N) is 1. The van der Waals surface area contributed by atoms with Crippen LogP contribution in [0.5, 0.6) is 0 Å². The quantitative estimate of drug-likeness (QED) is 0.921. The molecule has 108 valence electrons. The van der Waals surface area contributed by atoms with E-state index in [1.807, 2.05) is 13.0 Å².